The molecule has 1 aromatic carbocycles. The van der Waals surface area contributed by atoms with Crippen molar-refractivity contribution in [1.82, 2.24) is 0 Å². The molecular weight excluding hydrogens is 309 g/mol. The van der Waals surface area contributed by atoms with Crippen LogP contribution >= 0.6 is 34.8 Å². The number of nitrogens with zero attached hydrogens (tertiary/aromatic N) is 1. The number of benzene rings is 1. The summed E-state index contributed by atoms with van der Waals surface area (Å²) in [7, 11) is 0. The number of oxime groups is 1. The van der Waals surface area contributed by atoms with Gasteiger partial charge in [-0.1, -0.05) is 40.5 Å². The second-order valence-corrected chi connectivity index (χ2v) is 5.61. The summed E-state index contributed by atoms with van der Waals surface area (Å²) in [5, 5.41) is 12.1. The fourth-order valence-electron chi connectivity index (χ4n) is 2.09. The van der Waals surface area contributed by atoms with Crippen molar-refractivity contribution in [2.24, 2.45) is 5.16 Å². The zero-order valence-corrected chi connectivity index (χ0v) is 12.2. The Morgan fingerprint density at radius 2 is 2.26 bits per heavy atom. The largest absolute Gasteiger partial charge is 0.489 e. The first-order valence-corrected chi connectivity index (χ1v) is 6.95. The molecule has 1 aliphatic rings. The first kappa shape index (κ1) is 14.5. The zero-order valence-electron chi connectivity index (χ0n) is 9.94. The molecule has 1 unspecified atom stereocenters. The molecule has 0 saturated heterocycles. The second kappa shape index (κ2) is 6.51. The van der Waals surface area contributed by atoms with E-state index in [2.05, 4.69) is 5.16 Å². The molecule has 0 saturated carbocycles. The lowest BCUT2D eigenvalue weighted by Crippen LogP contribution is -2.24. The van der Waals surface area contributed by atoms with Gasteiger partial charge in [-0.25, -0.2) is 0 Å². The monoisotopic (exact) mass is 319 g/mol. The van der Waals surface area contributed by atoms with Crippen LogP contribution in [0.5, 0.6) is 5.75 Å². The Morgan fingerprint density at radius 3 is 2.95 bits per heavy atom. The first-order valence-electron chi connectivity index (χ1n) is 5.75. The van der Waals surface area contributed by atoms with Gasteiger partial charge in [0.25, 0.3) is 0 Å². The van der Waals surface area contributed by atoms with Crippen LogP contribution in [0.3, 0.4) is 0 Å². The predicted molar refractivity (Wildman–Crippen MR) is 78.0 cm³/mol. The molecule has 6 heteroatoms. The van der Waals surface area contributed by atoms with E-state index in [0.29, 0.717) is 12.1 Å². The van der Waals surface area contributed by atoms with Crippen molar-refractivity contribution in [2.75, 3.05) is 6.61 Å². The average Bonchev–Trinajstić information content (AvgIpc) is 2.38. The molecule has 0 fully saturated rings. The van der Waals surface area contributed by atoms with E-state index < -0.39 is 0 Å². The summed E-state index contributed by atoms with van der Waals surface area (Å²) in [4.78, 5) is 0. The van der Waals surface area contributed by atoms with Crippen molar-refractivity contribution in [1.29, 1.82) is 0 Å². The number of halogens is 3. The van der Waals surface area contributed by atoms with E-state index in [1.807, 2.05) is 18.2 Å². The molecule has 2 rings (SSSR count). The van der Waals surface area contributed by atoms with Crippen LogP contribution in [-0.2, 0) is 6.42 Å². The maximum Gasteiger partial charge on any atom is 0.123 e. The van der Waals surface area contributed by atoms with Crippen molar-refractivity contribution in [2.45, 2.75) is 18.2 Å². The fourth-order valence-corrected chi connectivity index (χ4v) is 2.48. The quantitative estimate of drug-likeness (QED) is 0.517. The van der Waals surface area contributed by atoms with E-state index in [9.17, 15) is 0 Å². The minimum atomic E-state index is -0.273. The minimum absolute atomic E-state index is 0.170. The lowest BCUT2D eigenvalue weighted by molar-refractivity contribution is 0.317. The molecule has 0 bridgehead atoms. The van der Waals surface area contributed by atoms with E-state index in [1.54, 1.807) is 6.08 Å². The van der Waals surface area contributed by atoms with Gasteiger partial charge in [-0.15, -0.1) is 11.6 Å². The Balaban J connectivity index is 2.28. The predicted octanol–water partition coefficient (Wildman–Crippen LogP) is 4.12. The summed E-state index contributed by atoms with van der Waals surface area (Å²) in [6.07, 6.45) is 3.05. The van der Waals surface area contributed by atoms with Crippen LogP contribution in [0.1, 0.15) is 17.5 Å². The lowest BCUT2D eigenvalue weighted by Gasteiger charge is -2.23. The van der Waals surface area contributed by atoms with Gasteiger partial charge in [-0.3, -0.25) is 0 Å². The molecule has 0 aromatic heterocycles. The van der Waals surface area contributed by atoms with Crippen molar-refractivity contribution >= 4 is 40.5 Å². The standard InChI is InChI=1S/C13H12Cl3NO2/c14-10-5-4-8-9(13(10)17-18)2-1-3-11(8)19-7-6-12(15)16/h1-3,6,10,18H,4-5,7H2/b17-13-. The van der Waals surface area contributed by atoms with E-state index in [-0.39, 0.29) is 16.5 Å². The smallest absolute Gasteiger partial charge is 0.123 e. The Kier molecular flexibility index (Phi) is 4.97. The third-order valence-corrected chi connectivity index (χ3v) is 3.67. The van der Waals surface area contributed by atoms with Crippen LogP contribution in [0.4, 0.5) is 0 Å². The summed E-state index contributed by atoms with van der Waals surface area (Å²) in [6, 6.07) is 5.56. The van der Waals surface area contributed by atoms with Crippen molar-refractivity contribution in [3.63, 3.8) is 0 Å². The van der Waals surface area contributed by atoms with Gasteiger partial charge in [0.1, 0.15) is 22.6 Å². The zero-order chi connectivity index (χ0) is 13.8. The maximum absolute atomic E-state index is 9.07. The highest BCUT2D eigenvalue weighted by molar-refractivity contribution is 6.55. The molecule has 0 amide bonds. The molecule has 0 heterocycles. The summed E-state index contributed by atoms with van der Waals surface area (Å²) in [6.45, 7) is 0.286. The topological polar surface area (TPSA) is 41.8 Å². The molecule has 0 radical (unpaired) electrons. The van der Waals surface area contributed by atoms with Crippen molar-refractivity contribution < 1.29 is 9.94 Å². The summed E-state index contributed by atoms with van der Waals surface area (Å²) in [5.41, 5.74) is 2.30. The second-order valence-electron chi connectivity index (χ2n) is 4.08. The van der Waals surface area contributed by atoms with Crippen molar-refractivity contribution in [3.05, 3.63) is 39.9 Å². The van der Waals surface area contributed by atoms with E-state index >= 15 is 0 Å². The van der Waals surface area contributed by atoms with E-state index in [1.165, 1.54) is 0 Å². The van der Waals surface area contributed by atoms with Crippen LogP contribution in [0.15, 0.2) is 33.9 Å². The van der Waals surface area contributed by atoms with Gasteiger partial charge in [0.15, 0.2) is 0 Å². The normalized spacial score (nSPS) is 19.9. The Bertz CT molecular complexity index is 525. The van der Waals surface area contributed by atoms with Gasteiger partial charge in [0.2, 0.25) is 0 Å². The van der Waals surface area contributed by atoms with Gasteiger partial charge in [0.05, 0.1) is 5.38 Å². The molecule has 1 aliphatic carbocycles. The number of fused-ring (bicyclic) bond motifs is 1. The van der Waals surface area contributed by atoms with E-state index in [4.69, 9.17) is 44.7 Å². The Labute approximate surface area is 126 Å². The number of rotatable bonds is 3. The SMILES string of the molecule is O/N=C1/c2cccc(OCC=C(Cl)Cl)c2CCC1Cl. The van der Waals surface area contributed by atoms with Crippen molar-refractivity contribution in [3.8, 4) is 5.75 Å². The first-order chi connectivity index (χ1) is 9.13. The number of hydrogen-bond acceptors (Lipinski definition) is 3. The van der Waals surface area contributed by atoms with Gasteiger partial charge in [0, 0.05) is 11.1 Å². The highest BCUT2D eigenvalue weighted by Gasteiger charge is 2.26. The number of ether oxygens (including phenoxy) is 1. The third kappa shape index (κ3) is 3.35. The third-order valence-electron chi connectivity index (χ3n) is 2.94. The molecule has 1 atom stereocenters. The van der Waals surface area contributed by atoms with Crippen LogP contribution < -0.4 is 4.74 Å². The number of alkyl halides is 1. The van der Waals surface area contributed by atoms with E-state index in [0.717, 1.165) is 23.3 Å². The maximum atomic E-state index is 9.07. The summed E-state index contributed by atoms with van der Waals surface area (Å²) in [5.74, 6) is 0.730. The minimum Gasteiger partial charge on any atom is -0.489 e. The van der Waals surface area contributed by atoms with Crippen LogP contribution in [0.25, 0.3) is 0 Å². The van der Waals surface area contributed by atoms with Gasteiger partial charge < -0.3 is 9.94 Å². The molecule has 19 heavy (non-hydrogen) atoms. The molecule has 1 N–H and O–H groups in total. The highest BCUT2D eigenvalue weighted by Crippen LogP contribution is 2.32. The average molecular weight is 321 g/mol. The molecule has 1 aromatic rings. The summed E-state index contributed by atoms with van der Waals surface area (Å²) < 4.78 is 5.79. The van der Waals surface area contributed by atoms with Gasteiger partial charge in [-0.2, -0.15) is 0 Å². The molecule has 3 nitrogen and oxygen atoms in total. The molecule has 0 spiro atoms. The highest BCUT2D eigenvalue weighted by atomic mass is 35.5. The van der Waals surface area contributed by atoms with Crippen LogP contribution in [-0.4, -0.2) is 22.9 Å². The summed E-state index contributed by atoms with van der Waals surface area (Å²) >= 11 is 17.2. The van der Waals surface area contributed by atoms with Crippen LogP contribution in [0, 0.1) is 0 Å². The Hall–Kier alpha value is -0.900. The van der Waals surface area contributed by atoms with Gasteiger partial charge in [-0.05, 0) is 25.0 Å². The molecule has 102 valence electrons. The lowest BCUT2D eigenvalue weighted by atomic mass is 9.89. The molecule has 0 aliphatic heterocycles. The fraction of sp³-hybridized carbons (Fsp3) is 0.308. The van der Waals surface area contributed by atoms with Gasteiger partial charge >= 0.3 is 0 Å². The van der Waals surface area contributed by atoms with Crippen LogP contribution in [0.2, 0.25) is 0 Å². The molecular formula is C13H12Cl3NO2. The number of hydrogen-bond donors (Lipinski definition) is 1. The Morgan fingerprint density at radius 1 is 1.47 bits per heavy atom.